The van der Waals surface area contributed by atoms with Gasteiger partial charge >= 0.3 is 0 Å². The first-order valence-corrected chi connectivity index (χ1v) is 11.3. The first-order chi connectivity index (χ1) is 15.9. The number of benzene rings is 3. The number of carbonyl (C=O) groups excluding carboxylic acids is 2. The lowest BCUT2D eigenvalue weighted by atomic mass is 10.2. The highest BCUT2D eigenvalue weighted by molar-refractivity contribution is 8.26. The Labute approximate surface area is 204 Å². The molecule has 1 fully saturated rings. The molecule has 2 amide bonds. The molecule has 0 saturated carbocycles. The van der Waals surface area contributed by atoms with E-state index in [0.29, 0.717) is 21.2 Å². The van der Waals surface area contributed by atoms with Crippen molar-refractivity contribution in [3.63, 3.8) is 0 Å². The third-order valence-electron chi connectivity index (χ3n) is 4.59. The number of hydrogen-bond acceptors (Lipinski definition) is 5. The maximum Gasteiger partial charge on any atom is 0.285 e. The zero-order valence-corrected chi connectivity index (χ0v) is 19.3. The van der Waals surface area contributed by atoms with Gasteiger partial charge in [0, 0.05) is 10.6 Å². The topological polar surface area (TPSA) is 58.6 Å². The van der Waals surface area contributed by atoms with Crippen LogP contribution in [-0.4, -0.2) is 21.1 Å². The molecule has 3 aromatic rings. The summed E-state index contributed by atoms with van der Waals surface area (Å²) in [6.07, 6.45) is 1.68. The van der Waals surface area contributed by atoms with E-state index in [1.165, 1.54) is 12.1 Å². The molecular weight excluding hydrogens is 483 g/mol. The van der Waals surface area contributed by atoms with Crippen LogP contribution in [0, 0.1) is 5.82 Å². The monoisotopic (exact) mass is 498 g/mol. The van der Waals surface area contributed by atoms with Crippen LogP contribution >= 0.6 is 35.6 Å². The fourth-order valence-electron chi connectivity index (χ4n) is 2.92. The second-order valence-corrected chi connectivity index (χ2v) is 9.06. The summed E-state index contributed by atoms with van der Waals surface area (Å²) in [5.74, 6) is -0.604. The Bertz CT molecular complexity index is 1250. The van der Waals surface area contributed by atoms with E-state index in [1.54, 1.807) is 60.7 Å². The molecule has 33 heavy (non-hydrogen) atoms. The number of carbonyl (C=O) groups is 2. The number of thiocarbonyl (C=S) groups is 1. The largest absolute Gasteiger partial charge is 0.489 e. The van der Waals surface area contributed by atoms with Crippen molar-refractivity contribution < 1.29 is 18.7 Å². The normalized spacial score (nSPS) is 14.6. The maximum atomic E-state index is 13.0. The van der Waals surface area contributed by atoms with Gasteiger partial charge in [-0.05, 0) is 78.0 Å². The number of ether oxygens (including phenoxy) is 1. The summed E-state index contributed by atoms with van der Waals surface area (Å²) in [6.45, 7) is 0.280. The molecule has 0 unspecified atom stereocenters. The van der Waals surface area contributed by atoms with Crippen LogP contribution in [0.15, 0.2) is 77.7 Å². The molecule has 0 aliphatic carbocycles. The number of nitrogens with one attached hydrogen (secondary N) is 1. The summed E-state index contributed by atoms with van der Waals surface area (Å²) in [4.78, 5) is 25.6. The first-order valence-electron chi connectivity index (χ1n) is 9.71. The summed E-state index contributed by atoms with van der Waals surface area (Å²) < 4.78 is 19.0. The number of hydrogen-bond donors (Lipinski definition) is 1. The molecule has 3 aromatic carbocycles. The predicted molar refractivity (Wildman–Crippen MR) is 131 cm³/mol. The average Bonchev–Trinajstić information content (AvgIpc) is 3.06. The van der Waals surface area contributed by atoms with Crippen molar-refractivity contribution in [2.24, 2.45) is 0 Å². The minimum absolute atomic E-state index is 0.220. The molecule has 1 N–H and O–H groups in total. The summed E-state index contributed by atoms with van der Waals surface area (Å²) in [5, 5.41) is 1.56. The molecule has 0 bridgehead atoms. The van der Waals surface area contributed by atoms with E-state index in [0.717, 1.165) is 27.9 Å². The molecule has 1 heterocycles. The quantitative estimate of drug-likeness (QED) is 0.354. The SMILES string of the molecule is O=C(NN1C(=O)/C(=C\c2cccc(OCc3ccc(F)cc3)c2)SC1=S)c1ccc(Cl)cc1. The number of thioether (sulfide) groups is 1. The van der Waals surface area contributed by atoms with Crippen LogP contribution in [0.4, 0.5) is 4.39 Å². The van der Waals surface area contributed by atoms with Crippen LogP contribution in [0.2, 0.25) is 5.02 Å². The van der Waals surface area contributed by atoms with Gasteiger partial charge in [-0.3, -0.25) is 15.0 Å². The molecule has 0 radical (unpaired) electrons. The van der Waals surface area contributed by atoms with Crippen molar-refractivity contribution in [2.75, 3.05) is 0 Å². The average molecular weight is 499 g/mol. The Hall–Kier alpha value is -3.20. The maximum absolute atomic E-state index is 13.0. The summed E-state index contributed by atoms with van der Waals surface area (Å²) in [5.41, 5.74) is 4.45. The van der Waals surface area contributed by atoms with Gasteiger partial charge in [0.1, 0.15) is 18.2 Å². The summed E-state index contributed by atoms with van der Waals surface area (Å²) in [6, 6.07) is 19.6. The fourth-order valence-corrected chi connectivity index (χ4v) is 4.23. The highest BCUT2D eigenvalue weighted by Gasteiger charge is 2.33. The van der Waals surface area contributed by atoms with E-state index in [9.17, 15) is 14.0 Å². The van der Waals surface area contributed by atoms with Gasteiger partial charge in [0.15, 0.2) is 4.32 Å². The molecular formula is C24H16ClFN2O3S2. The van der Waals surface area contributed by atoms with E-state index >= 15 is 0 Å². The van der Waals surface area contributed by atoms with Crippen molar-refractivity contribution in [1.29, 1.82) is 0 Å². The van der Waals surface area contributed by atoms with Crippen molar-refractivity contribution >= 4 is 57.8 Å². The number of hydrazine groups is 1. The summed E-state index contributed by atoms with van der Waals surface area (Å²) >= 11 is 12.2. The van der Waals surface area contributed by atoms with Crippen LogP contribution in [0.1, 0.15) is 21.5 Å². The van der Waals surface area contributed by atoms with E-state index in [4.69, 9.17) is 28.6 Å². The smallest absolute Gasteiger partial charge is 0.285 e. The van der Waals surface area contributed by atoms with Gasteiger partial charge in [0.05, 0.1) is 4.91 Å². The molecule has 9 heteroatoms. The number of halogens is 2. The van der Waals surface area contributed by atoms with Crippen LogP contribution in [0.5, 0.6) is 5.75 Å². The molecule has 1 saturated heterocycles. The fraction of sp³-hybridized carbons (Fsp3) is 0.0417. The Balaban J connectivity index is 1.43. The van der Waals surface area contributed by atoms with Gasteiger partial charge < -0.3 is 4.74 Å². The van der Waals surface area contributed by atoms with Crippen LogP contribution in [0.3, 0.4) is 0 Å². The third-order valence-corrected chi connectivity index (χ3v) is 6.14. The van der Waals surface area contributed by atoms with Gasteiger partial charge in [-0.15, -0.1) is 0 Å². The zero-order chi connectivity index (χ0) is 23.4. The lowest BCUT2D eigenvalue weighted by Gasteiger charge is -2.15. The highest BCUT2D eigenvalue weighted by Crippen LogP contribution is 2.32. The van der Waals surface area contributed by atoms with Crippen molar-refractivity contribution in [2.45, 2.75) is 6.61 Å². The molecule has 4 rings (SSSR count). The second kappa shape index (κ2) is 10.2. The molecule has 1 aliphatic heterocycles. The molecule has 0 spiro atoms. The first kappa shape index (κ1) is 23.0. The van der Waals surface area contributed by atoms with Gasteiger partial charge in [-0.25, -0.2) is 4.39 Å². The molecule has 0 atom stereocenters. The van der Waals surface area contributed by atoms with E-state index < -0.39 is 11.8 Å². The Kier molecular flexibility index (Phi) is 7.08. The molecule has 0 aromatic heterocycles. The second-order valence-electron chi connectivity index (χ2n) is 6.95. The lowest BCUT2D eigenvalue weighted by molar-refractivity contribution is -0.123. The van der Waals surface area contributed by atoms with Crippen LogP contribution < -0.4 is 10.2 Å². The zero-order valence-electron chi connectivity index (χ0n) is 17.0. The standard InChI is InChI=1S/C24H16ClFN2O3S2/c25-18-8-6-17(7-9-18)22(29)27-28-23(30)21(33-24(28)32)13-16-2-1-3-20(12-16)31-14-15-4-10-19(26)11-5-15/h1-13H,14H2,(H,27,29)/b21-13+. The molecule has 1 aliphatic rings. The van der Waals surface area contributed by atoms with Gasteiger partial charge in [-0.2, -0.15) is 5.01 Å². The van der Waals surface area contributed by atoms with Crippen molar-refractivity contribution in [1.82, 2.24) is 10.4 Å². The Morgan fingerprint density at radius 1 is 1.12 bits per heavy atom. The lowest BCUT2D eigenvalue weighted by Crippen LogP contribution is -2.44. The van der Waals surface area contributed by atoms with Crippen molar-refractivity contribution in [3.8, 4) is 5.75 Å². The minimum atomic E-state index is -0.472. The Morgan fingerprint density at radius 3 is 2.58 bits per heavy atom. The molecule has 166 valence electrons. The van der Waals surface area contributed by atoms with Crippen LogP contribution in [0.25, 0.3) is 6.08 Å². The van der Waals surface area contributed by atoms with E-state index in [-0.39, 0.29) is 16.7 Å². The highest BCUT2D eigenvalue weighted by atomic mass is 35.5. The van der Waals surface area contributed by atoms with Crippen molar-refractivity contribution in [3.05, 3.63) is 105 Å². The van der Waals surface area contributed by atoms with Gasteiger partial charge in [0.25, 0.3) is 11.8 Å². The van der Waals surface area contributed by atoms with E-state index in [2.05, 4.69) is 5.43 Å². The van der Waals surface area contributed by atoms with E-state index in [1.807, 2.05) is 6.07 Å². The number of nitrogens with zero attached hydrogens (tertiary/aromatic N) is 1. The third kappa shape index (κ3) is 5.78. The van der Waals surface area contributed by atoms with Crippen LogP contribution in [-0.2, 0) is 11.4 Å². The van der Waals surface area contributed by atoms with Gasteiger partial charge in [-0.1, -0.05) is 47.6 Å². The number of amides is 2. The predicted octanol–water partition coefficient (Wildman–Crippen LogP) is 5.60. The Morgan fingerprint density at radius 2 is 1.85 bits per heavy atom. The molecule has 5 nitrogen and oxygen atoms in total. The van der Waals surface area contributed by atoms with Gasteiger partial charge in [0.2, 0.25) is 0 Å². The minimum Gasteiger partial charge on any atom is -0.489 e. The summed E-state index contributed by atoms with van der Waals surface area (Å²) in [7, 11) is 0. The number of rotatable bonds is 6.